The molecular formula is C9H11BrFNO. The molecule has 1 rings (SSSR count). The van der Waals surface area contributed by atoms with Crippen molar-refractivity contribution in [1.82, 2.24) is 0 Å². The number of aryl methyl sites for hydroxylation is 1. The standard InChI is InChI=1S/C9H11BrFNO/c1-6-2-3-8(11)7(9(6)10)4-5-13-12/h2-3H,4-5,12H2,1H3. The molecule has 0 aliphatic heterocycles. The highest BCUT2D eigenvalue weighted by Gasteiger charge is 2.08. The van der Waals surface area contributed by atoms with Crippen molar-refractivity contribution in [3.8, 4) is 0 Å². The van der Waals surface area contributed by atoms with Crippen molar-refractivity contribution in [3.05, 3.63) is 33.5 Å². The van der Waals surface area contributed by atoms with Crippen molar-refractivity contribution < 1.29 is 9.23 Å². The monoisotopic (exact) mass is 247 g/mol. The Hall–Kier alpha value is -0.450. The van der Waals surface area contributed by atoms with Gasteiger partial charge in [0.05, 0.1) is 6.61 Å². The SMILES string of the molecule is Cc1ccc(F)c(CCON)c1Br. The average Bonchev–Trinajstić information content (AvgIpc) is 2.12. The van der Waals surface area contributed by atoms with Gasteiger partial charge in [-0.3, -0.25) is 0 Å². The number of hydrogen-bond donors (Lipinski definition) is 1. The number of nitrogens with two attached hydrogens (primary N) is 1. The van der Waals surface area contributed by atoms with Crippen LogP contribution in [0.5, 0.6) is 0 Å². The summed E-state index contributed by atoms with van der Waals surface area (Å²) in [5.41, 5.74) is 1.62. The van der Waals surface area contributed by atoms with Crippen LogP contribution in [-0.2, 0) is 11.3 Å². The molecule has 0 aromatic heterocycles. The van der Waals surface area contributed by atoms with Gasteiger partial charge in [0.25, 0.3) is 0 Å². The predicted molar refractivity (Wildman–Crippen MR) is 52.7 cm³/mol. The third-order valence-electron chi connectivity index (χ3n) is 1.85. The van der Waals surface area contributed by atoms with E-state index in [0.29, 0.717) is 18.6 Å². The van der Waals surface area contributed by atoms with Gasteiger partial charge in [-0.05, 0) is 18.6 Å². The summed E-state index contributed by atoms with van der Waals surface area (Å²) in [4.78, 5) is 4.41. The highest BCUT2D eigenvalue weighted by Crippen LogP contribution is 2.24. The molecule has 2 nitrogen and oxygen atoms in total. The minimum Gasteiger partial charge on any atom is -0.304 e. The topological polar surface area (TPSA) is 35.2 Å². The lowest BCUT2D eigenvalue weighted by molar-refractivity contribution is 0.140. The molecule has 0 saturated heterocycles. The van der Waals surface area contributed by atoms with Crippen molar-refractivity contribution in [2.45, 2.75) is 13.3 Å². The lowest BCUT2D eigenvalue weighted by Crippen LogP contribution is -2.06. The van der Waals surface area contributed by atoms with Gasteiger partial charge in [0.1, 0.15) is 5.82 Å². The molecule has 0 aliphatic carbocycles. The van der Waals surface area contributed by atoms with Crippen LogP contribution in [0.2, 0.25) is 0 Å². The van der Waals surface area contributed by atoms with Crippen molar-refractivity contribution in [2.75, 3.05) is 6.61 Å². The lowest BCUT2D eigenvalue weighted by Gasteiger charge is -2.07. The van der Waals surface area contributed by atoms with Crippen LogP contribution in [-0.4, -0.2) is 6.61 Å². The maximum Gasteiger partial charge on any atom is 0.127 e. The van der Waals surface area contributed by atoms with Gasteiger partial charge in [-0.15, -0.1) is 0 Å². The van der Waals surface area contributed by atoms with Crippen LogP contribution < -0.4 is 5.90 Å². The van der Waals surface area contributed by atoms with E-state index >= 15 is 0 Å². The Kier molecular flexibility index (Phi) is 3.84. The Balaban J connectivity index is 2.96. The summed E-state index contributed by atoms with van der Waals surface area (Å²) in [6.45, 7) is 2.23. The lowest BCUT2D eigenvalue weighted by atomic mass is 10.1. The fourth-order valence-corrected chi connectivity index (χ4v) is 1.62. The molecule has 0 bridgehead atoms. The maximum atomic E-state index is 13.2. The summed E-state index contributed by atoms with van der Waals surface area (Å²) in [5, 5.41) is 0. The van der Waals surface area contributed by atoms with Crippen LogP contribution in [0.15, 0.2) is 16.6 Å². The van der Waals surface area contributed by atoms with Gasteiger partial charge < -0.3 is 4.84 Å². The Morgan fingerprint density at radius 3 is 2.85 bits per heavy atom. The van der Waals surface area contributed by atoms with Gasteiger partial charge in [0.15, 0.2) is 0 Å². The van der Waals surface area contributed by atoms with Crippen LogP contribution in [0.1, 0.15) is 11.1 Å². The first-order valence-electron chi connectivity index (χ1n) is 3.92. The summed E-state index contributed by atoms with van der Waals surface area (Å²) >= 11 is 3.32. The largest absolute Gasteiger partial charge is 0.304 e. The fraction of sp³-hybridized carbons (Fsp3) is 0.333. The van der Waals surface area contributed by atoms with Gasteiger partial charge >= 0.3 is 0 Å². The average molecular weight is 248 g/mol. The van der Waals surface area contributed by atoms with Gasteiger partial charge in [-0.1, -0.05) is 22.0 Å². The zero-order valence-electron chi connectivity index (χ0n) is 7.31. The number of halogens is 2. The van der Waals surface area contributed by atoms with Crippen molar-refractivity contribution in [3.63, 3.8) is 0 Å². The fourth-order valence-electron chi connectivity index (χ4n) is 1.10. The molecule has 0 radical (unpaired) electrons. The van der Waals surface area contributed by atoms with Crippen LogP contribution >= 0.6 is 15.9 Å². The molecule has 0 unspecified atom stereocenters. The Morgan fingerprint density at radius 2 is 2.23 bits per heavy atom. The van der Waals surface area contributed by atoms with Gasteiger partial charge in [0, 0.05) is 16.5 Å². The molecule has 0 atom stereocenters. The highest BCUT2D eigenvalue weighted by atomic mass is 79.9. The zero-order chi connectivity index (χ0) is 9.84. The Morgan fingerprint density at radius 1 is 1.54 bits per heavy atom. The summed E-state index contributed by atoms with van der Waals surface area (Å²) in [5.74, 6) is 4.65. The normalized spacial score (nSPS) is 10.5. The maximum absolute atomic E-state index is 13.2. The van der Waals surface area contributed by atoms with E-state index in [1.807, 2.05) is 6.92 Å². The Bertz CT molecular complexity index is 304. The van der Waals surface area contributed by atoms with Gasteiger partial charge in [-0.2, -0.15) is 0 Å². The van der Waals surface area contributed by atoms with E-state index in [-0.39, 0.29) is 5.82 Å². The second-order valence-electron chi connectivity index (χ2n) is 2.78. The zero-order valence-corrected chi connectivity index (χ0v) is 8.90. The van der Waals surface area contributed by atoms with E-state index in [9.17, 15) is 4.39 Å². The van der Waals surface area contributed by atoms with E-state index in [4.69, 9.17) is 5.90 Å². The van der Waals surface area contributed by atoms with E-state index in [0.717, 1.165) is 10.0 Å². The third-order valence-corrected chi connectivity index (χ3v) is 2.95. The van der Waals surface area contributed by atoms with Gasteiger partial charge in [0.2, 0.25) is 0 Å². The van der Waals surface area contributed by atoms with Crippen molar-refractivity contribution >= 4 is 15.9 Å². The first kappa shape index (κ1) is 10.6. The van der Waals surface area contributed by atoms with Crippen molar-refractivity contribution in [1.29, 1.82) is 0 Å². The summed E-state index contributed by atoms with van der Waals surface area (Å²) in [7, 11) is 0. The first-order valence-corrected chi connectivity index (χ1v) is 4.71. The second kappa shape index (κ2) is 4.69. The molecule has 72 valence electrons. The molecule has 0 saturated carbocycles. The molecule has 1 aromatic carbocycles. The van der Waals surface area contributed by atoms with E-state index in [2.05, 4.69) is 20.8 Å². The molecule has 0 fully saturated rings. The van der Waals surface area contributed by atoms with E-state index < -0.39 is 0 Å². The third kappa shape index (κ3) is 2.49. The smallest absolute Gasteiger partial charge is 0.127 e. The summed E-state index contributed by atoms with van der Waals surface area (Å²) in [6, 6.07) is 3.18. The minimum absolute atomic E-state index is 0.227. The summed E-state index contributed by atoms with van der Waals surface area (Å²) in [6.07, 6.45) is 0.477. The second-order valence-corrected chi connectivity index (χ2v) is 3.57. The predicted octanol–water partition coefficient (Wildman–Crippen LogP) is 2.33. The van der Waals surface area contributed by atoms with E-state index in [1.165, 1.54) is 6.07 Å². The van der Waals surface area contributed by atoms with Crippen LogP contribution in [0.3, 0.4) is 0 Å². The molecule has 13 heavy (non-hydrogen) atoms. The first-order chi connectivity index (χ1) is 6.16. The molecule has 0 amide bonds. The highest BCUT2D eigenvalue weighted by molar-refractivity contribution is 9.10. The molecule has 0 heterocycles. The van der Waals surface area contributed by atoms with Crippen LogP contribution in [0.25, 0.3) is 0 Å². The molecular weight excluding hydrogens is 237 g/mol. The van der Waals surface area contributed by atoms with E-state index in [1.54, 1.807) is 6.07 Å². The molecule has 4 heteroatoms. The number of hydrogen-bond acceptors (Lipinski definition) is 2. The summed E-state index contributed by atoms with van der Waals surface area (Å²) < 4.78 is 14.0. The molecule has 0 spiro atoms. The molecule has 1 aromatic rings. The van der Waals surface area contributed by atoms with Crippen LogP contribution in [0, 0.1) is 12.7 Å². The Labute approximate surface area is 85.0 Å². The quantitative estimate of drug-likeness (QED) is 0.833. The molecule has 0 aliphatic rings. The minimum atomic E-state index is -0.227. The van der Waals surface area contributed by atoms with Crippen LogP contribution in [0.4, 0.5) is 4.39 Å². The number of rotatable bonds is 3. The number of benzene rings is 1. The molecule has 2 N–H and O–H groups in total. The van der Waals surface area contributed by atoms with Gasteiger partial charge in [-0.25, -0.2) is 10.3 Å². The van der Waals surface area contributed by atoms with Crippen molar-refractivity contribution in [2.24, 2.45) is 5.90 Å².